The molecule has 30 heavy (non-hydrogen) atoms. The van der Waals surface area contributed by atoms with E-state index in [9.17, 15) is 19.5 Å². The number of benzene rings is 2. The quantitative estimate of drug-likeness (QED) is 0.615. The molecule has 1 aliphatic heterocycles. The third kappa shape index (κ3) is 3.35. The van der Waals surface area contributed by atoms with Crippen molar-refractivity contribution >= 4 is 57.8 Å². The molecule has 154 valence electrons. The Bertz CT molecular complexity index is 1190. The Balaban J connectivity index is 1.73. The molecule has 2 aromatic carbocycles. The van der Waals surface area contributed by atoms with Crippen LogP contribution in [0, 0.1) is 5.92 Å². The summed E-state index contributed by atoms with van der Waals surface area (Å²) in [4.78, 5) is 39.8. The molecule has 0 saturated carbocycles. The van der Waals surface area contributed by atoms with Crippen LogP contribution in [0.25, 0.3) is 11.0 Å². The van der Waals surface area contributed by atoms with Gasteiger partial charge in [0, 0.05) is 19.3 Å². The minimum atomic E-state index is -1.42. The van der Waals surface area contributed by atoms with Crippen LogP contribution in [0.15, 0.2) is 36.4 Å². The molecule has 0 aliphatic carbocycles. The van der Waals surface area contributed by atoms with E-state index < -0.39 is 23.8 Å². The zero-order valence-corrected chi connectivity index (χ0v) is 17.1. The summed E-state index contributed by atoms with van der Waals surface area (Å²) in [6.45, 7) is -0.497. The van der Waals surface area contributed by atoms with Gasteiger partial charge in [0.05, 0.1) is 22.1 Å². The molecule has 3 aromatic rings. The lowest BCUT2D eigenvalue weighted by Gasteiger charge is -2.37. The highest BCUT2D eigenvalue weighted by atomic mass is 35.5. The number of carbonyl (C=O) groups excluding carboxylic acids is 2. The summed E-state index contributed by atoms with van der Waals surface area (Å²) in [5.74, 6) is -3.54. The van der Waals surface area contributed by atoms with E-state index in [0.717, 1.165) is 10.4 Å². The maximum Gasteiger partial charge on any atom is 0.331 e. The van der Waals surface area contributed by atoms with Gasteiger partial charge in [0.15, 0.2) is 5.92 Å². The molecule has 1 aromatic heterocycles. The second kappa shape index (κ2) is 7.58. The molecule has 1 aliphatic rings. The lowest BCUT2D eigenvalue weighted by molar-refractivity contribution is -0.150. The van der Waals surface area contributed by atoms with Gasteiger partial charge >= 0.3 is 12.0 Å². The molecule has 3 amide bonds. The van der Waals surface area contributed by atoms with Gasteiger partial charge in [-0.25, -0.2) is 9.48 Å². The minimum Gasteiger partial charge on any atom is -0.481 e. The number of aliphatic carboxylic acids is 1. The molecule has 1 unspecified atom stereocenters. The van der Waals surface area contributed by atoms with E-state index in [1.54, 1.807) is 48.1 Å². The number of aromatic nitrogens is 3. The molecule has 0 radical (unpaired) electrons. The second-order valence-electron chi connectivity index (χ2n) is 6.81. The SMILES string of the molecule is Cn1nnc2cc(N3CC(C(=O)O)C(=O)N(Cc4cccc(Cl)c4Cl)C3=O)ccc21. The van der Waals surface area contributed by atoms with Gasteiger partial charge in [0.1, 0.15) is 5.52 Å². The first-order valence-electron chi connectivity index (χ1n) is 8.86. The average molecular weight is 448 g/mol. The average Bonchev–Trinajstić information content (AvgIpc) is 3.08. The van der Waals surface area contributed by atoms with Crippen LogP contribution in [0.5, 0.6) is 0 Å². The number of halogens is 2. The van der Waals surface area contributed by atoms with Crippen LogP contribution in [0.1, 0.15) is 5.56 Å². The van der Waals surface area contributed by atoms with Gasteiger partial charge in [-0.15, -0.1) is 5.10 Å². The molecular weight excluding hydrogens is 433 g/mol. The zero-order chi connectivity index (χ0) is 21.6. The molecule has 4 rings (SSSR count). The molecule has 9 nitrogen and oxygen atoms in total. The van der Waals surface area contributed by atoms with Gasteiger partial charge < -0.3 is 5.11 Å². The zero-order valence-electron chi connectivity index (χ0n) is 15.6. The molecule has 1 atom stereocenters. The molecule has 1 saturated heterocycles. The van der Waals surface area contributed by atoms with Gasteiger partial charge in [0.25, 0.3) is 0 Å². The van der Waals surface area contributed by atoms with Gasteiger partial charge in [-0.05, 0) is 29.8 Å². The topological polar surface area (TPSA) is 109 Å². The number of urea groups is 1. The number of nitrogens with zero attached hydrogens (tertiary/aromatic N) is 5. The number of carbonyl (C=O) groups is 3. The number of fused-ring (bicyclic) bond motifs is 1. The number of anilines is 1. The number of hydrogen-bond donors (Lipinski definition) is 1. The van der Waals surface area contributed by atoms with Gasteiger partial charge in [-0.2, -0.15) is 0 Å². The largest absolute Gasteiger partial charge is 0.481 e. The Labute approximate surface area is 180 Å². The predicted molar refractivity (Wildman–Crippen MR) is 109 cm³/mol. The number of carboxylic acid groups (broad SMARTS) is 1. The number of aryl methyl sites for hydroxylation is 1. The van der Waals surface area contributed by atoms with Crippen molar-refractivity contribution in [3.63, 3.8) is 0 Å². The Morgan fingerprint density at radius 1 is 1.23 bits per heavy atom. The van der Waals surface area contributed by atoms with E-state index in [1.807, 2.05) is 0 Å². The van der Waals surface area contributed by atoms with Crippen molar-refractivity contribution < 1.29 is 19.5 Å². The van der Waals surface area contributed by atoms with Crippen molar-refractivity contribution in [2.24, 2.45) is 13.0 Å². The first kappa shape index (κ1) is 20.1. The van der Waals surface area contributed by atoms with Gasteiger partial charge in [-0.3, -0.25) is 19.4 Å². The van der Waals surface area contributed by atoms with Crippen molar-refractivity contribution in [2.75, 3.05) is 11.4 Å². The normalized spacial score (nSPS) is 17.1. The summed E-state index contributed by atoms with van der Waals surface area (Å²) in [6, 6.07) is 9.18. The molecule has 0 spiro atoms. The fourth-order valence-corrected chi connectivity index (χ4v) is 3.73. The third-order valence-electron chi connectivity index (χ3n) is 4.96. The number of carboxylic acids is 1. The van der Waals surface area contributed by atoms with Crippen molar-refractivity contribution in [3.05, 3.63) is 52.0 Å². The highest BCUT2D eigenvalue weighted by Gasteiger charge is 2.43. The number of amides is 3. The Morgan fingerprint density at radius 2 is 2.00 bits per heavy atom. The molecule has 1 fully saturated rings. The Hall–Kier alpha value is -3.17. The van der Waals surface area contributed by atoms with Crippen molar-refractivity contribution in [3.8, 4) is 0 Å². The predicted octanol–water partition coefficient (Wildman–Crippen LogP) is 2.94. The fraction of sp³-hybridized carbons (Fsp3) is 0.211. The monoisotopic (exact) mass is 447 g/mol. The van der Waals surface area contributed by atoms with Crippen molar-refractivity contribution in [2.45, 2.75) is 6.54 Å². The molecule has 0 bridgehead atoms. The Kier molecular flexibility index (Phi) is 5.08. The van der Waals surface area contributed by atoms with Crippen LogP contribution >= 0.6 is 23.2 Å². The van der Waals surface area contributed by atoms with Crippen LogP contribution < -0.4 is 4.90 Å². The summed E-state index contributed by atoms with van der Waals surface area (Å²) >= 11 is 12.2. The fourth-order valence-electron chi connectivity index (χ4n) is 3.35. The summed E-state index contributed by atoms with van der Waals surface area (Å²) in [5, 5.41) is 18.0. The number of hydrogen-bond acceptors (Lipinski definition) is 5. The lowest BCUT2D eigenvalue weighted by Crippen LogP contribution is -2.58. The van der Waals surface area contributed by atoms with E-state index in [-0.39, 0.29) is 23.1 Å². The summed E-state index contributed by atoms with van der Waals surface area (Å²) < 4.78 is 1.58. The van der Waals surface area contributed by atoms with Crippen LogP contribution in [-0.4, -0.2) is 49.5 Å². The van der Waals surface area contributed by atoms with Gasteiger partial charge in [0.2, 0.25) is 5.91 Å². The van der Waals surface area contributed by atoms with E-state index in [4.69, 9.17) is 23.2 Å². The van der Waals surface area contributed by atoms with E-state index >= 15 is 0 Å². The summed E-state index contributed by atoms with van der Waals surface area (Å²) in [7, 11) is 1.73. The highest BCUT2D eigenvalue weighted by Crippen LogP contribution is 2.30. The highest BCUT2D eigenvalue weighted by molar-refractivity contribution is 6.42. The summed E-state index contributed by atoms with van der Waals surface area (Å²) in [6.07, 6.45) is 0. The molecule has 11 heteroatoms. The smallest absolute Gasteiger partial charge is 0.331 e. The standard InChI is InChI=1S/C19H15Cl2N5O4/c1-24-15-6-5-11(7-14(15)22-23-24)25-9-12(18(28)29)17(27)26(19(25)30)8-10-3-2-4-13(20)16(10)21/h2-7,12H,8-9H2,1H3,(H,28,29). The molecule has 1 N–H and O–H groups in total. The first-order chi connectivity index (χ1) is 14.3. The van der Waals surface area contributed by atoms with Crippen LogP contribution in [0.4, 0.5) is 10.5 Å². The maximum absolute atomic E-state index is 13.2. The third-order valence-corrected chi connectivity index (χ3v) is 5.81. The number of rotatable bonds is 4. The maximum atomic E-state index is 13.2. The van der Waals surface area contributed by atoms with Gasteiger partial charge in [-0.1, -0.05) is 40.5 Å². The van der Waals surface area contributed by atoms with Crippen LogP contribution in [0.2, 0.25) is 10.0 Å². The number of imide groups is 1. The molecular formula is C19H15Cl2N5O4. The molecule has 2 heterocycles. The minimum absolute atomic E-state index is 0.199. The first-order valence-corrected chi connectivity index (χ1v) is 9.61. The van der Waals surface area contributed by atoms with Crippen LogP contribution in [-0.2, 0) is 23.2 Å². The lowest BCUT2D eigenvalue weighted by atomic mass is 10.0. The Morgan fingerprint density at radius 3 is 2.73 bits per heavy atom. The van der Waals surface area contributed by atoms with E-state index in [1.165, 1.54) is 4.90 Å². The van der Waals surface area contributed by atoms with E-state index in [2.05, 4.69) is 10.3 Å². The van der Waals surface area contributed by atoms with Crippen molar-refractivity contribution in [1.82, 2.24) is 19.9 Å². The summed E-state index contributed by atoms with van der Waals surface area (Å²) in [5.41, 5.74) is 2.13. The van der Waals surface area contributed by atoms with Crippen LogP contribution in [0.3, 0.4) is 0 Å². The second-order valence-corrected chi connectivity index (χ2v) is 7.59. The van der Waals surface area contributed by atoms with Crippen molar-refractivity contribution in [1.29, 1.82) is 0 Å². The van der Waals surface area contributed by atoms with E-state index in [0.29, 0.717) is 16.8 Å².